The van der Waals surface area contributed by atoms with Gasteiger partial charge in [-0.1, -0.05) is 15.9 Å². The lowest BCUT2D eigenvalue weighted by atomic mass is 10.2. The minimum atomic E-state index is -0.585. The van der Waals surface area contributed by atoms with Crippen molar-refractivity contribution in [3.8, 4) is 0 Å². The molecule has 1 aromatic rings. The number of nitrogens with zero attached hydrogens (tertiary/aromatic N) is 2. The summed E-state index contributed by atoms with van der Waals surface area (Å²) < 4.78 is 0.936. The molecule has 1 aliphatic rings. The Balaban J connectivity index is 1.91. The van der Waals surface area contributed by atoms with Crippen molar-refractivity contribution in [3.05, 3.63) is 28.2 Å². The highest BCUT2D eigenvalue weighted by Gasteiger charge is 2.25. The molecule has 0 radical (unpaired) electrons. The van der Waals surface area contributed by atoms with Crippen molar-refractivity contribution in [2.45, 2.75) is 6.92 Å². The van der Waals surface area contributed by atoms with Crippen LogP contribution in [0.5, 0.6) is 0 Å². The highest BCUT2D eigenvalue weighted by Crippen LogP contribution is 2.20. The van der Waals surface area contributed by atoms with E-state index in [4.69, 9.17) is 5.73 Å². The van der Waals surface area contributed by atoms with Gasteiger partial charge < -0.3 is 16.0 Å². The average Bonchev–Trinajstić information content (AvgIpc) is 2.50. The molecule has 2 rings (SSSR count). The smallest absolute Gasteiger partial charge is 0.313 e. The third-order valence-electron chi connectivity index (χ3n) is 3.74. The predicted octanol–water partition coefficient (Wildman–Crippen LogP) is 0.799. The Bertz CT molecular complexity index is 556. The van der Waals surface area contributed by atoms with Crippen LogP contribution in [0.2, 0.25) is 0 Å². The molecule has 1 heterocycles. The van der Waals surface area contributed by atoms with Crippen molar-refractivity contribution in [2.24, 2.45) is 5.73 Å². The molecule has 0 atom stereocenters. The van der Waals surface area contributed by atoms with Crippen molar-refractivity contribution in [3.63, 3.8) is 0 Å². The Hall–Kier alpha value is -1.44. The van der Waals surface area contributed by atoms with Gasteiger partial charge in [-0.2, -0.15) is 0 Å². The monoisotopic (exact) mass is 368 g/mol. The molecule has 1 aromatic carbocycles. The summed E-state index contributed by atoms with van der Waals surface area (Å²) in [5, 5.41) is 2.69. The number of anilines is 1. The average molecular weight is 369 g/mol. The molecule has 0 saturated carbocycles. The van der Waals surface area contributed by atoms with Crippen LogP contribution < -0.4 is 11.1 Å². The highest BCUT2D eigenvalue weighted by atomic mass is 79.9. The van der Waals surface area contributed by atoms with Gasteiger partial charge >= 0.3 is 11.8 Å². The standard InChI is InChI=1S/C15H21BrN4O2/c1-11-10-12(16)2-3-13(11)18-14(21)15(22)20-8-6-19(5-4-17)7-9-20/h2-3,10H,4-9,17H2,1H3,(H,18,21). The van der Waals surface area contributed by atoms with Gasteiger partial charge in [0.25, 0.3) is 0 Å². The molecule has 0 unspecified atom stereocenters. The summed E-state index contributed by atoms with van der Waals surface area (Å²) in [5.74, 6) is -1.06. The zero-order valence-electron chi connectivity index (χ0n) is 12.6. The quantitative estimate of drug-likeness (QED) is 0.773. The van der Waals surface area contributed by atoms with Crippen LogP contribution in [0.15, 0.2) is 22.7 Å². The fraction of sp³-hybridized carbons (Fsp3) is 0.467. The van der Waals surface area contributed by atoms with E-state index in [1.807, 2.05) is 19.1 Å². The van der Waals surface area contributed by atoms with Gasteiger partial charge in [0, 0.05) is 49.4 Å². The van der Waals surface area contributed by atoms with Crippen LogP contribution in [0.4, 0.5) is 5.69 Å². The molecule has 3 N–H and O–H groups in total. The van der Waals surface area contributed by atoms with Gasteiger partial charge in [-0.3, -0.25) is 14.5 Å². The second-order valence-corrected chi connectivity index (χ2v) is 6.25. The fourth-order valence-electron chi connectivity index (χ4n) is 2.44. The summed E-state index contributed by atoms with van der Waals surface area (Å²) in [6.07, 6.45) is 0. The largest absolute Gasteiger partial charge is 0.332 e. The van der Waals surface area contributed by atoms with Gasteiger partial charge in [-0.05, 0) is 30.7 Å². The number of nitrogens with two attached hydrogens (primary N) is 1. The lowest BCUT2D eigenvalue weighted by Crippen LogP contribution is -2.52. The molecule has 120 valence electrons. The van der Waals surface area contributed by atoms with Gasteiger partial charge in [0.2, 0.25) is 0 Å². The minimum Gasteiger partial charge on any atom is -0.332 e. The first-order valence-electron chi connectivity index (χ1n) is 7.30. The van der Waals surface area contributed by atoms with Crippen LogP contribution >= 0.6 is 15.9 Å². The lowest BCUT2D eigenvalue weighted by molar-refractivity contribution is -0.144. The number of benzene rings is 1. The number of rotatable bonds is 3. The van der Waals surface area contributed by atoms with E-state index < -0.39 is 11.8 Å². The van der Waals surface area contributed by atoms with Gasteiger partial charge in [0.1, 0.15) is 0 Å². The molecule has 1 saturated heterocycles. The second-order valence-electron chi connectivity index (χ2n) is 5.34. The van der Waals surface area contributed by atoms with Crippen molar-refractivity contribution < 1.29 is 9.59 Å². The van der Waals surface area contributed by atoms with E-state index in [0.717, 1.165) is 29.7 Å². The van der Waals surface area contributed by atoms with E-state index >= 15 is 0 Å². The Kier molecular flexibility index (Phi) is 5.93. The van der Waals surface area contributed by atoms with Crippen molar-refractivity contribution >= 4 is 33.4 Å². The van der Waals surface area contributed by atoms with Crippen molar-refractivity contribution in [1.82, 2.24) is 9.80 Å². The van der Waals surface area contributed by atoms with Crippen LogP contribution in [-0.4, -0.2) is 60.9 Å². The maximum Gasteiger partial charge on any atom is 0.313 e. The first kappa shape index (κ1) is 16.9. The van der Waals surface area contributed by atoms with Gasteiger partial charge in [0.05, 0.1) is 0 Å². The molecular formula is C15H21BrN4O2. The molecule has 2 amide bonds. The Morgan fingerprint density at radius 2 is 1.95 bits per heavy atom. The summed E-state index contributed by atoms with van der Waals surface area (Å²) in [7, 11) is 0. The lowest BCUT2D eigenvalue weighted by Gasteiger charge is -2.34. The van der Waals surface area contributed by atoms with E-state index in [-0.39, 0.29) is 0 Å². The van der Waals surface area contributed by atoms with Gasteiger partial charge in [-0.15, -0.1) is 0 Å². The van der Waals surface area contributed by atoms with Crippen LogP contribution in [0.3, 0.4) is 0 Å². The summed E-state index contributed by atoms with van der Waals surface area (Å²) in [4.78, 5) is 28.1. The molecule has 0 aliphatic carbocycles. The normalized spacial score (nSPS) is 15.7. The maximum atomic E-state index is 12.2. The molecule has 6 nitrogen and oxygen atoms in total. The summed E-state index contributed by atoms with van der Waals surface area (Å²) >= 11 is 3.37. The van der Waals surface area contributed by atoms with Crippen LogP contribution in [-0.2, 0) is 9.59 Å². The SMILES string of the molecule is Cc1cc(Br)ccc1NC(=O)C(=O)N1CCN(CCN)CC1. The number of carbonyl (C=O) groups excluding carboxylic acids is 2. The number of aryl methyl sites for hydroxylation is 1. The van der Waals surface area contributed by atoms with E-state index in [2.05, 4.69) is 26.1 Å². The van der Waals surface area contributed by atoms with E-state index in [1.54, 1.807) is 11.0 Å². The van der Waals surface area contributed by atoms with E-state index in [0.29, 0.717) is 25.3 Å². The molecule has 22 heavy (non-hydrogen) atoms. The first-order valence-corrected chi connectivity index (χ1v) is 8.09. The number of carbonyl (C=O) groups is 2. The molecule has 0 spiro atoms. The van der Waals surface area contributed by atoms with Crippen LogP contribution in [0.1, 0.15) is 5.56 Å². The van der Waals surface area contributed by atoms with Crippen LogP contribution in [0, 0.1) is 6.92 Å². The Morgan fingerprint density at radius 1 is 1.27 bits per heavy atom. The first-order chi connectivity index (χ1) is 10.5. The summed E-state index contributed by atoms with van der Waals surface area (Å²) in [5.41, 5.74) is 7.08. The Morgan fingerprint density at radius 3 is 2.55 bits per heavy atom. The molecule has 1 aliphatic heterocycles. The predicted molar refractivity (Wildman–Crippen MR) is 89.6 cm³/mol. The number of hydrogen-bond acceptors (Lipinski definition) is 4. The van der Waals surface area contributed by atoms with Crippen LogP contribution in [0.25, 0.3) is 0 Å². The number of halogens is 1. The molecule has 0 bridgehead atoms. The third-order valence-corrected chi connectivity index (χ3v) is 4.23. The minimum absolute atomic E-state index is 0.477. The molecule has 0 aromatic heterocycles. The topological polar surface area (TPSA) is 78.7 Å². The number of nitrogens with one attached hydrogen (secondary N) is 1. The van der Waals surface area contributed by atoms with E-state index in [1.165, 1.54) is 0 Å². The van der Waals surface area contributed by atoms with E-state index in [9.17, 15) is 9.59 Å². The fourth-order valence-corrected chi connectivity index (χ4v) is 2.92. The summed E-state index contributed by atoms with van der Waals surface area (Å²) in [6.45, 7) is 5.96. The van der Waals surface area contributed by atoms with Crippen molar-refractivity contribution in [2.75, 3.05) is 44.6 Å². The number of piperazine rings is 1. The summed E-state index contributed by atoms with van der Waals surface area (Å²) in [6, 6.07) is 5.51. The molecular weight excluding hydrogens is 348 g/mol. The third kappa shape index (κ3) is 4.28. The zero-order valence-corrected chi connectivity index (χ0v) is 14.2. The number of hydrogen-bond donors (Lipinski definition) is 2. The molecule has 7 heteroatoms. The second kappa shape index (κ2) is 7.71. The van der Waals surface area contributed by atoms with Gasteiger partial charge in [0.15, 0.2) is 0 Å². The maximum absolute atomic E-state index is 12.2. The molecule has 1 fully saturated rings. The highest BCUT2D eigenvalue weighted by molar-refractivity contribution is 9.10. The van der Waals surface area contributed by atoms with Crippen molar-refractivity contribution in [1.29, 1.82) is 0 Å². The van der Waals surface area contributed by atoms with Gasteiger partial charge in [-0.25, -0.2) is 0 Å². The zero-order chi connectivity index (χ0) is 16.1. The number of amides is 2. The Labute approximate surface area is 138 Å².